The maximum Gasteiger partial charge on any atom is 0.159 e. The van der Waals surface area contributed by atoms with E-state index < -0.39 is 0 Å². The number of carbonyl (C=O) groups is 1. The summed E-state index contributed by atoms with van der Waals surface area (Å²) in [6.07, 6.45) is 0.688. The fourth-order valence-electron chi connectivity index (χ4n) is 2.50. The normalized spacial score (nSPS) is 21.0. The van der Waals surface area contributed by atoms with Crippen molar-refractivity contribution >= 4 is 11.4 Å². The zero-order valence-corrected chi connectivity index (χ0v) is 10.2. The van der Waals surface area contributed by atoms with Gasteiger partial charge in [0.15, 0.2) is 5.78 Å². The van der Waals surface area contributed by atoms with Crippen LogP contribution in [0.2, 0.25) is 0 Å². The van der Waals surface area contributed by atoms with Crippen LogP contribution in [0.25, 0.3) is 5.57 Å². The van der Waals surface area contributed by atoms with Gasteiger partial charge in [-0.3, -0.25) is 4.79 Å². The van der Waals surface area contributed by atoms with E-state index in [0.717, 1.165) is 5.57 Å². The minimum absolute atomic E-state index is 0.317. The number of hydrogen-bond donors (Lipinski definition) is 0. The number of allylic oxidation sites excluding steroid dienone is 2. The van der Waals surface area contributed by atoms with Gasteiger partial charge in [0.25, 0.3) is 0 Å². The molecule has 0 N–H and O–H groups in total. The summed E-state index contributed by atoms with van der Waals surface area (Å²) in [5, 5.41) is 0. The number of rotatable bonds is 2. The molecular formula is C15H18O. The van der Waals surface area contributed by atoms with E-state index in [1.165, 1.54) is 11.1 Å². The van der Waals surface area contributed by atoms with Crippen LogP contribution in [-0.2, 0) is 4.79 Å². The molecule has 0 saturated heterocycles. The van der Waals surface area contributed by atoms with Gasteiger partial charge in [-0.05, 0) is 35.5 Å². The topological polar surface area (TPSA) is 17.1 Å². The zero-order valence-electron chi connectivity index (χ0n) is 10.2. The van der Waals surface area contributed by atoms with Gasteiger partial charge in [-0.1, -0.05) is 44.2 Å². The number of Topliss-reactive ketones (excluding diaryl/α,β-unsaturated/α-hetero) is 1. The zero-order chi connectivity index (χ0) is 11.7. The monoisotopic (exact) mass is 214 g/mol. The Morgan fingerprint density at radius 2 is 1.81 bits per heavy atom. The average Bonchev–Trinajstić information content (AvgIpc) is 2.57. The van der Waals surface area contributed by atoms with Crippen molar-refractivity contribution in [3.05, 3.63) is 41.5 Å². The molecule has 84 valence electrons. The number of ketones is 1. The molecule has 0 aliphatic heterocycles. The van der Waals surface area contributed by atoms with Gasteiger partial charge in [-0.15, -0.1) is 0 Å². The molecule has 0 saturated carbocycles. The molecule has 1 aromatic carbocycles. The Hall–Kier alpha value is -1.37. The summed E-state index contributed by atoms with van der Waals surface area (Å²) in [7, 11) is 0. The molecule has 1 heteroatoms. The molecule has 0 amide bonds. The summed E-state index contributed by atoms with van der Waals surface area (Å²) in [5.74, 6) is 1.24. The molecule has 1 aliphatic carbocycles. The average molecular weight is 214 g/mol. The first-order valence-electron chi connectivity index (χ1n) is 5.90. The molecule has 1 atom stereocenters. The van der Waals surface area contributed by atoms with Gasteiger partial charge in [0.05, 0.1) is 0 Å². The smallest absolute Gasteiger partial charge is 0.159 e. The molecule has 0 radical (unpaired) electrons. The van der Waals surface area contributed by atoms with Crippen molar-refractivity contribution in [2.75, 3.05) is 0 Å². The highest BCUT2D eigenvalue weighted by atomic mass is 16.1. The second kappa shape index (κ2) is 4.25. The Labute approximate surface area is 97.2 Å². The van der Waals surface area contributed by atoms with Crippen LogP contribution in [0.15, 0.2) is 35.9 Å². The van der Waals surface area contributed by atoms with Crippen molar-refractivity contribution in [1.29, 1.82) is 0 Å². The van der Waals surface area contributed by atoms with Crippen LogP contribution in [0, 0.1) is 11.8 Å². The minimum Gasteiger partial charge on any atom is -0.295 e. The van der Waals surface area contributed by atoms with Gasteiger partial charge in [-0.2, -0.15) is 0 Å². The molecule has 1 unspecified atom stereocenters. The minimum atomic E-state index is 0.317. The first-order valence-corrected chi connectivity index (χ1v) is 5.90. The van der Waals surface area contributed by atoms with Crippen molar-refractivity contribution < 1.29 is 4.79 Å². The Kier molecular flexibility index (Phi) is 2.95. The Morgan fingerprint density at radius 1 is 1.19 bits per heavy atom. The van der Waals surface area contributed by atoms with E-state index in [2.05, 4.69) is 26.0 Å². The molecule has 1 nitrogen and oxygen atoms in total. The van der Waals surface area contributed by atoms with Crippen LogP contribution in [0.5, 0.6) is 0 Å². The number of carbonyl (C=O) groups excluding carboxylic acids is 1. The van der Waals surface area contributed by atoms with Crippen molar-refractivity contribution in [2.45, 2.75) is 27.2 Å². The maximum absolute atomic E-state index is 11.8. The molecule has 1 aliphatic rings. The molecule has 16 heavy (non-hydrogen) atoms. The summed E-state index contributed by atoms with van der Waals surface area (Å²) in [4.78, 5) is 11.8. The summed E-state index contributed by atoms with van der Waals surface area (Å²) in [6, 6.07) is 10.3. The highest BCUT2D eigenvalue weighted by molar-refractivity contribution is 6.07. The van der Waals surface area contributed by atoms with Gasteiger partial charge >= 0.3 is 0 Å². The molecule has 2 rings (SSSR count). The van der Waals surface area contributed by atoms with E-state index in [1.54, 1.807) is 0 Å². The number of hydrogen-bond acceptors (Lipinski definition) is 1. The Balaban J connectivity index is 2.47. The summed E-state index contributed by atoms with van der Waals surface area (Å²) < 4.78 is 0. The summed E-state index contributed by atoms with van der Waals surface area (Å²) in [6.45, 7) is 6.35. The largest absolute Gasteiger partial charge is 0.295 e. The Morgan fingerprint density at radius 3 is 2.38 bits per heavy atom. The lowest BCUT2D eigenvalue weighted by atomic mass is 9.85. The van der Waals surface area contributed by atoms with Crippen molar-refractivity contribution in [3.8, 4) is 0 Å². The predicted octanol–water partition coefficient (Wildman–Crippen LogP) is 3.71. The molecule has 0 heterocycles. The van der Waals surface area contributed by atoms with Gasteiger partial charge in [0, 0.05) is 6.42 Å². The van der Waals surface area contributed by atoms with E-state index >= 15 is 0 Å². The van der Waals surface area contributed by atoms with Crippen molar-refractivity contribution in [3.63, 3.8) is 0 Å². The first kappa shape index (κ1) is 11.1. The van der Waals surface area contributed by atoms with Crippen molar-refractivity contribution in [1.82, 2.24) is 0 Å². The van der Waals surface area contributed by atoms with Crippen LogP contribution in [0.4, 0.5) is 0 Å². The second-order valence-electron chi connectivity index (χ2n) is 4.88. The third kappa shape index (κ3) is 1.82. The lowest BCUT2D eigenvalue weighted by Gasteiger charge is -2.18. The SMILES string of the molecule is CC1=C(c2ccccc2)C(C(C)C)CC1=O. The summed E-state index contributed by atoms with van der Waals surface area (Å²) in [5.41, 5.74) is 3.44. The van der Waals surface area contributed by atoms with Gasteiger partial charge in [-0.25, -0.2) is 0 Å². The van der Waals surface area contributed by atoms with Crippen molar-refractivity contribution in [2.24, 2.45) is 11.8 Å². The van der Waals surface area contributed by atoms with E-state index in [1.807, 2.05) is 25.1 Å². The van der Waals surface area contributed by atoms with Crippen LogP contribution in [0.1, 0.15) is 32.8 Å². The molecule has 0 fully saturated rings. The highest BCUT2D eigenvalue weighted by Crippen LogP contribution is 2.40. The second-order valence-corrected chi connectivity index (χ2v) is 4.88. The van der Waals surface area contributed by atoms with E-state index in [9.17, 15) is 4.79 Å². The van der Waals surface area contributed by atoms with Crippen LogP contribution < -0.4 is 0 Å². The van der Waals surface area contributed by atoms with Gasteiger partial charge < -0.3 is 0 Å². The maximum atomic E-state index is 11.8. The standard InChI is InChI=1S/C15H18O/c1-10(2)13-9-14(16)11(3)15(13)12-7-5-4-6-8-12/h4-8,10,13H,9H2,1-3H3. The van der Waals surface area contributed by atoms with Gasteiger partial charge in [0.2, 0.25) is 0 Å². The van der Waals surface area contributed by atoms with E-state index in [0.29, 0.717) is 24.0 Å². The molecule has 1 aromatic rings. The van der Waals surface area contributed by atoms with E-state index in [4.69, 9.17) is 0 Å². The fourth-order valence-corrected chi connectivity index (χ4v) is 2.50. The lowest BCUT2D eigenvalue weighted by Crippen LogP contribution is -2.08. The van der Waals surface area contributed by atoms with Gasteiger partial charge in [0.1, 0.15) is 0 Å². The van der Waals surface area contributed by atoms with Crippen LogP contribution in [-0.4, -0.2) is 5.78 Å². The van der Waals surface area contributed by atoms with Crippen LogP contribution in [0.3, 0.4) is 0 Å². The third-order valence-corrected chi connectivity index (χ3v) is 3.49. The molecular weight excluding hydrogens is 196 g/mol. The lowest BCUT2D eigenvalue weighted by molar-refractivity contribution is -0.115. The predicted molar refractivity (Wildman–Crippen MR) is 67.0 cm³/mol. The van der Waals surface area contributed by atoms with Crippen LogP contribution >= 0.6 is 0 Å². The van der Waals surface area contributed by atoms with E-state index in [-0.39, 0.29) is 0 Å². The molecule has 0 bridgehead atoms. The first-order chi connectivity index (χ1) is 7.61. The number of benzene rings is 1. The summed E-state index contributed by atoms with van der Waals surface area (Å²) >= 11 is 0. The molecule has 0 aromatic heterocycles. The molecule has 0 spiro atoms. The fraction of sp³-hybridized carbons (Fsp3) is 0.400. The third-order valence-electron chi connectivity index (χ3n) is 3.49. The Bertz CT molecular complexity index is 426. The highest BCUT2D eigenvalue weighted by Gasteiger charge is 2.32. The quantitative estimate of drug-likeness (QED) is 0.733.